The Kier molecular flexibility index (Phi) is 7.84. The number of carbonyl (C=O) groups is 1. The molecular formula is C25H28N2O5S. The summed E-state index contributed by atoms with van der Waals surface area (Å²) in [5, 5.41) is 0. The summed E-state index contributed by atoms with van der Waals surface area (Å²) in [5.74, 6) is -0.0189. The molecule has 174 valence electrons. The van der Waals surface area contributed by atoms with Crippen molar-refractivity contribution < 1.29 is 22.7 Å². The average Bonchev–Trinajstić information content (AvgIpc) is 2.78. The molecule has 0 aliphatic carbocycles. The van der Waals surface area contributed by atoms with Crippen molar-refractivity contribution in [2.45, 2.75) is 44.4 Å². The number of nitrogens with zero attached hydrogens (tertiary/aromatic N) is 2. The molecule has 0 spiro atoms. The Labute approximate surface area is 195 Å². The van der Waals surface area contributed by atoms with Gasteiger partial charge in [-0.2, -0.15) is 4.31 Å². The normalized spacial score (nSPS) is 11.9. The topological polar surface area (TPSA) is 85.8 Å². The standard InChI is InChI=1S/C25H28N2O5S/c1-25(2,3)32-24(28)19-31-22-12-7-11-21(15-22)18-27(17-20-9-5-4-6-10-20)33(29,30)23-13-8-14-26-16-23/h4-16H,17-19H2,1-3H3. The molecule has 7 nitrogen and oxygen atoms in total. The molecule has 1 heterocycles. The zero-order chi connectivity index (χ0) is 23.9. The van der Waals surface area contributed by atoms with Crippen molar-refractivity contribution in [3.05, 3.63) is 90.3 Å². The van der Waals surface area contributed by atoms with Crippen molar-refractivity contribution in [1.29, 1.82) is 0 Å². The molecule has 0 aliphatic heterocycles. The highest BCUT2D eigenvalue weighted by Crippen LogP contribution is 2.22. The smallest absolute Gasteiger partial charge is 0.344 e. The summed E-state index contributed by atoms with van der Waals surface area (Å²) < 4.78 is 39.0. The van der Waals surface area contributed by atoms with Gasteiger partial charge in [0.05, 0.1) is 0 Å². The lowest BCUT2D eigenvalue weighted by Crippen LogP contribution is -2.30. The van der Waals surface area contributed by atoms with Crippen LogP contribution in [0, 0.1) is 0 Å². The maximum absolute atomic E-state index is 13.4. The average molecular weight is 469 g/mol. The van der Waals surface area contributed by atoms with Crippen molar-refractivity contribution in [2.24, 2.45) is 0 Å². The Morgan fingerprint density at radius 1 is 0.939 bits per heavy atom. The second-order valence-corrected chi connectivity index (χ2v) is 10.4. The second kappa shape index (κ2) is 10.6. The van der Waals surface area contributed by atoms with E-state index in [4.69, 9.17) is 9.47 Å². The van der Waals surface area contributed by atoms with Gasteiger partial charge in [-0.05, 0) is 56.2 Å². The molecule has 8 heteroatoms. The van der Waals surface area contributed by atoms with E-state index in [0.29, 0.717) is 5.75 Å². The lowest BCUT2D eigenvalue weighted by atomic mass is 10.2. The molecular weight excluding hydrogens is 440 g/mol. The Morgan fingerprint density at radius 2 is 1.64 bits per heavy atom. The van der Waals surface area contributed by atoms with Gasteiger partial charge in [-0.25, -0.2) is 13.2 Å². The summed E-state index contributed by atoms with van der Waals surface area (Å²) in [5.41, 5.74) is 0.989. The summed E-state index contributed by atoms with van der Waals surface area (Å²) in [7, 11) is -3.80. The number of pyridine rings is 1. The maximum Gasteiger partial charge on any atom is 0.344 e. The minimum absolute atomic E-state index is 0.121. The number of esters is 1. The molecule has 0 radical (unpaired) electrons. The van der Waals surface area contributed by atoms with Gasteiger partial charge in [-0.15, -0.1) is 0 Å². The molecule has 0 bridgehead atoms. The van der Waals surface area contributed by atoms with Gasteiger partial charge >= 0.3 is 5.97 Å². The first-order valence-electron chi connectivity index (χ1n) is 10.5. The zero-order valence-corrected chi connectivity index (χ0v) is 19.8. The first-order chi connectivity index (χ1) is 15.6. The maximum atomic E-state index is 13.4. The number of hydrogen-bond donors (Lipinski definition) is 0. The van der Waals surface area contributed by atoms with Crippen LogP contribution in [-0.4, -0.2) is 35.9 Å². The van der Waals surface area contributed by atoms with Gasteiger partial charge in [0.1, 0.15) is 16.2 Å². The van der Waals surface area contributed by atoms with Gasteiger partial charge < -0.3 is 9.47 Å². The van der Waals surface area contributed by atoms with Gasteiger partial charge in [0.15, 0.2) is 6.61 Å². The Balaban J connectivity index is 1.80. The molecule has 0 N–H and O–H groups in total. The molecule has 0 fully saturated rings. The molecule has 0 aliphatic rings. The van der Waals surface area contributed by atoms with E-state index in [2.05, 4.69) is 4.98 Å². The fraction of sp³-hybridized carbons (Fsp3) is 0.280. The third-order valence-electron chi connectivity index (χ3n) is 4.51. The van der Waals surface area contributed by atoms with Crippen molar-refractivity contribution in [3.63, 3.8) is 0 Å². The SMILES string of the molecule is CC(C)(C)OC(=O)COc1cccc(CN(Cc2ccccc2)S(=O)(=O)c2cccnc2)c1. The zero-order valence-electron chi connectivity index (χ0n) is 19.0. The van der Waals surface area contributed by atoms with Crippen molar-refractivity contribution in [1.82, 2.24) is 9.29 Å². The van der Waals surface area contributed by atoms with Crippen LogP contribution in [0.1, 0.15) is 31.9 Å². The van der Waals surface area contributed by atoms with Crippen LogP contribution in [0.25, 0.3) is 0 Å². The van der Waals surface area contributed by atoms with Gasteiger partial charge in [-0.3, -0.25) is 4.98 Å². The third-order valence-corrected chi connectivity index (χ3v) is 6.28. The summed E-state index contributed by atoms with van der Waals surface area (Å²) >= 11 is 0. The van der Waals surface area contributed by atoms with Gasteiger partial charge in [0, 0.05) is 25.5 Å². The number of ether oxygens (including phenoxy) is 2. The molecule has 33 heavy (non-hydrogen) atoms. The van der Waals surface area contributed by atoms with E-state index in [1.54, 1.807) is 45.0 Å². The molecule has 0 unspecified atom stereocenters. The lowest BCUT2D eigenvalue weighted by molar-refractivity contribution is -0.157. The molecule has 0 saturated carbocycles. The van der Waals surface area contributed by atoms with Gasteiger partial charge in [0.25, 0.3) is 0 Å². The fourth-order valence-electron chi connectivity index (χ4n) is 3.11. The molecule has 0 saturated heterocycles. The van der Waals surface area contributed by atoms with Gasteiger partial charge in [0.2, 0.25) is 10.0 Å². The van der Waals surface area contributed by atoms with Crippen LogP contribution in [-0.2, 0) is 32.6 Å². The molecule has 0 atom stereocenters. The number of rotatable bonds is 9. The third kappa shape index (κ3) is 7.40. The highest BCUT2D eigenvalue weighted by Gasteiger charge is 2.25. The van der Waals surface area contributed by atoms with Crippen LogP contribution in [0.3, 0.4) is 0 Å². The van der Waals surface area contributed by atoms with E-state index >= 15 is 0 Å². The monoisotopic (exact) mass is 468 g/mol. The van der Waals surface area contributed by atoms with Crippen LogP contribution < -0.4 is 4.74 Å². The number of carbonyl (C=O) groups excluding carboxylic acids is 1. The molecule has 3 aromatic rings. The predicted octanol–water partition coefficient (Wildman–Crippen LogP) is 4.19. The summed E-state index contributed by atoms with van der Waals surface area (Å²) in [4.78, 5) is 16.0. The van der Waals surface area contributed by atoms with Crippen molar-refractivity contribution >= 4 is 16.0 Å². The quantitative estimate of drug-likeness (QED) is 0.438. The number of benzene rings is 2. The Hall–Kier alpha value is -3.23. The lowest BCUT2D eigenvalue weighted by Gasteiger charge is -2.23. The van der Waals surface area contributed by atoms with E-state index < -0.39 is 21.6 Å². The van der Waals surface area contributed by atoms with Crippen LogP contribution in [0.2, 0.25) is 0 Å². The molecule has 0 amide bonds. The fourth-order valence-corrected chi connectivity index (χ4v) is 4.49. The second-order valence-electron chi connectivity index (χ2n) is 8.47. The van der Waals surface area contributed by atoms with E-state index in [1.807, 2.05) is 36.4 Å². The van der Waals surface area contributed by atoms with Crippen molar-refractivity contribution in [2.75, 3.05) is 6.61 Å². The first-order valence-corrected chi connectivity index (χ1v) is 12.0. The van der Waals surface area contributed by atoms with E-state index in [-0.39, 0.29) is 24.6 Å². The molecule has 2 aromatic carbocycles. The van der Waals surface area contributed by atoms with E-state index in [1.165, 1.54) is 22.8 Å². The Morgan fingerprint density at radius 3 is 2.30 bits per heavy atom. The highest BCUT2D eigenvalue weighted by molar-refractivity contribution is 7.89. The predicted molar refractivity (Wildman–Crippen MR) is 125 cm³/mol. The summed E-state index contributed by atoms with van der Waals surface area (Å²) in [6.45, 7) is 5.44. The largest absolute Gasteiger partial charge is 0.482 e. The van der Waals surface area contributed by atoms with Crippen LogP contribution >= 0.6 is 0 Å². The van der Waals surface area contributed by atoms with Crippen LogP contribution in [0.5, 0.6) is 5.75 Å². The minimum Gasteiger partial charge on any atom is -0.482 e. The van der Waals surface area contributed by atoms with Crippen LogP contribution in [0.4, 0.5) is 0 Å². The summed E-state index contributed by atoms with van der Waals surface area (Å²) in [6.07, 6.45) is 2.87. The molecule has 3 rings (SSSR count). The molecule has 1 aromatic heterocycles. The van der Waals surface area contributed by atoms with E-state index in [0.717, 1.165) is 11.1 Å². The number of aromatic nitrogens is 1. The summed E-state index contributed by atoms with van der Waals surface area (Å²) in [6, 6.07) is 19.5. The minimum atomic E-state index is -3.80. The van der Waals surface area contributed by atoms with Crippen molar-refractivity contribution in [3.8, 4) is 5.75 Å². The number of sulfonamides is 1. The Bertz CT molecular complexity index is 1160. The first kappa shape index (κ1) is 24.4. The van der Waals surface area contributed by atoms with Crippen LogP contribution in [0.15, 0.2) is 84.0 Å². The highest BCUT2D eigenvalue weighted by atomic mass is 32.2. The number of hydrogen-bond acceptors (Lipinski definition) is 6. The van der Waals surface area contributed by atoms with E-state index in [9.17, 15) is 13.2 Å². The van der Waals surface area contributed by atoms with Gasteiger partial charge in [-0.1, -0.05) is 42.5 Å².